The van der Waals surface area contributed by atoms with E-state index in [0.717, 1.165) is 57.1 Å². The van der Waals surface area contributed by atoms with Gasteiger partial charge in [-0.15, -0.1) is 0 Å². The summed E-state index contributed by atoms with van der Waals surface area (Å²) in [6.45, 7) is 0. The van der Waals surface area contributed by atoms with E-state index in [4.69, 9.17) is 19.4 Å². The number of aromatic nitrogens is 3. The summed E-state index contributed by atoms with van der Waals surface area (Å²) in [6.07, 6.45) is 0.734. The van der Waals surface area contributed by atoms with Gasteiger partial charge in [-0.05, 0) is 35.9 Å². The van der Waals surface area contributed by atoms with Gasteiger partial charge in [0, 0.05) is 6.42 Å². The Morgan fingerprint density at radius 2 is 1.69 bits per heavy atom. The molecule has 29 heavy (non-hydrogen) atoms. The van der Waals surface area contributed by atoms with Gasteiger partial charge in [-0.2, -0.15) is 4.98 Å². The average molecular weight is 379 g/mol. The van der Waals surface area contributed by atoms with E-state index in [1.54, 1.807) is 7.11 Å². The number of para-hydroxylation sites is 4. The van der Waals surface area contributed by atoms with Gasteiger partial charge >= 0.3 is 0 Å². The minimum Gasteiger partial charge on any atom is -0.496 e. The number of hydrogen-bond acceptors (Lipinski definition) is 4. The number of hydrogen-bond donors (Lipinski definition) is 0. The average Bonchev–Trinajstić information content (AvgIpc) is 3.17. The minimum atomic E-state index is 0.604. The van der Waals surface area contributed by atoms with Gasteiger partial charge in [0.1, 0.15) is 17.1 Å². The van der Waals surface area contributed by atoms with E-state index in [-0.39, 0.29) is 0 Å². The molecular formula is C24H17N3O2. The molecule has 140 valence electrons. The van der Waals surface area contributed by atoms with Gasteiger partial charge in [-0.25, -0.2) is 4.98 Å². The number of benzene rings is 3. The zero-order valence-corrected chi connectivity index (χ0v) is 15.8. The molecule has 5 nitrogen and oxygen atoms in total. The van der Waals surface area contributed by atoms with Crippen molar-refractivity contribution in [3.8, 4) is 28.8 Å². The molecule has 1 aliphatic heterocycles. The number of rotatable bonds is 2. The molecule has 0 aliphatic carbocycles. The minimum absolute atomic E-state index is 0.604. The van der Waals surface area contributed by atoms with Gasteiger partial charge < -0.3 is 9.47 Å². The summed E-state index contributed by atoms with van der Waals surface area (Å²) < 4.78 is 13.9. The molecule has 5 aromatic rings. The highest BCUT2D eigenvalue weighted by Crippen LogP contribution is 2.41. The predicted octanol–water partition coefficient (Wildman–Crippen LogP) is 5.25. The Balaban J connectivity index is 1.73. The van der Waals surface area contributed by atoms with Crippen molar-refractivity contribution in [2.75, 3.05) is 7.11 Å². The first-order chi connectivity index (χ1) is 14.3. The molecule has 0 spiro atoms. The smallest absolute Gasteiger partial charge is 0.228 e. The third-order valence-electron chi connectivity index (χ3n) is 5.40. The van der Waals surface area contributed by atoms with Crippen LogP contribution >= 0.6 is 0 Å². The molecule has 0 N–H and O–H groups in total. The molecule has 0 radical (unpaired) electrons. The van der Waals surface area contributed by atoms with Crippen LogP contribution in [0, 0.1) is 0 Å². The summed E-state index contributed by atoms with van der Waals surface area (Å²) in [5, 5.41) is 0. The number of imidazole rings is 1. The van der Waals surface area contributed by atoms with Crippen LogP contribution in [0.15, 0.2) is 72.8 Å². The Morgan fingerprint density at radius 3 is 2.62 bits per heavy atom. The molecular weight excluding hydrogens is 362 g/mol. The Morgan fingerprint density at radius 1 is 0.897 bits per heavy atom. The maximum atomic E-state index is 6.21. The lowest BCUT2D eigenvalue weighted by atomic mass is 10.0. The molecule has 1 aliphatic rings. The second-order valence-electron chi connectivity index (χ2n) is 7.07. The molecule has 0 saturated heterocycles. The van der Waals surface area contributed by atoms with Crippen molar-refractivity contribution in [3.05, 3.63) is 83.9 Å². The highest BCUT2D eigenvalue weighted by atomic mass is 16.5. The summed E-state index contributed by atoms with van der Waals surface area (Å²) in [5.74, 6) is 2.96. The van der Waals surface area contributed by atoms with Crippen molar-refractivity contribution in [3.63, 3.8) is 0 Å². The molecule has 6 rings (SSSR count). The molecule has 0 bridgehead atoms. The summed E-state index contributed by atoms with van der Waals surface area (Å²) in [4.78, 5) is 9.91. The van der Waals surface area contributed by atoms with Crippen molar-refractivity contribution in [2.45, 2.75) is 6.42 Å². The Labute approximate surface area is 167 Å². The lowest BCUT2D eigenvalue weighted by molar-refractivity contribution is 0.415. The van der Waals surface area contributed by atoms with Crippen LogP contribution in [0.1, 0.15) is 11.1 Å². The molecule has 0 amide bonds. The summed E-state index contributed by atoms with van der Waals surface area (Å²) in [6, 6.07) is 24.1. The molecule has 3 aromatic carbocycles. The van der Waals surface area contributed by atoms with E-state index in [1.807, 2.05) is 60.7 Å². The third kappa shape index (κ3) is 2.34. The fourth-order valence-corrected chi connectivity index (χ4v) is 4.05. The Kier molecular flexibility index (Phi) is 3.38. The van der Waals surface area contributed by atoms with Crippen LogP contribution in [0.4, 0.5) is 0 Å². The van der Waals surface area contributed by atoms with Gasteiger partial charge in [-0.1, -0.05) is 42.5 Å². The SMILES string of the molecule is COc1ccccc1-c1nc2c(c3nc4ccccc4n13)Cc1ccccc1O2. The monoisotopic (exact) mass is 379 g/mol. The van der Waals surface area contributed by atoms with E-state index in [9.17, 15) is 0 Å². The van der Waals surface area contributed by atoms with E-state index in [0.29, 0.717) is 5.88 Å². The lowest BCUT2D eigenvalue weighted by Gasteiger charge is -2.21. The molecule has 0 unspecified atom stereocenters. The van der Waals surface area contributed by atoms with Crippen molar-refractivity contribution in [2.24, 2.45) is 0 Å². The van der Waals surface area contributed by atoms with Crippen LogP contribution in [-0.4, -0.2) is 21.5 Å². The first-order valence-electron chi connectivity index (χ1n) is 9.53. The number of fused-ring (bicyclic) bond motifs is 6. The van der Waals surface area contributed by atoms with Gasteiger partial charge in [0.15, 0.2) is 5.82 Å². The van der Waals surface area contributed by atoms with Gasteiger partial charge in [0.05, 0.1) is 29.3 Å². The number of nitrogens with zero attached hydrogens (tertiary/aromatic N) is 3. The quantitative estimate of drug-likeness (QED) is 0.412. The van der Waals surface area contributed by atoms with Crippen molar-refractivity contribution in [1.82, 2.24) is 14.4 Å². The second-order valence-corrected chi connectivity index (χ2v) is 7.07. The van der Waals surface area contributed by atoms with Crippen molar-refractivity contribution in [1.29, 1.82) is 0 Å². The molecule has 3 heterocycles. The lowest BCUT2D eigenvalue weighted by Crippen LogP contribution is -2.10. The Hall–Kier alpha value is -3.86. The fraction of sp³-hybridized carbons (Fsp3) is 0.0833. The van der Waals surface area contributed by atoms with E-state index >= 15 is 0 Å². The van der Waals surface area contributed by atoms with Gasteiger partial charge in [-0.3, -0.25) is 4.40 Å². The molecule has 2 aromatic heterocycles. The summed E-state index contributed by atoms with van der Waals surface area (Å²) in [7, 11) is 1.67. The molecule has 0 saturated carbocycles. The predicted molar refractivity (Wildman–Crippen MR) is 112 cm³/mol. The molecule has 0 atom stereocenters. The largest absolute Gasteiger partial charge is 0.496 e. The van der Waals surface area contributed by atoms with Crippen LogP contribution in [0.2, 0.25) is 0 Å². The maximum Gasteiger partial charge on any atom is 0.228 e. The molecule has 0 fully saturated rings. The maximum absolute atomic E-state index is 6.21. The topological polar surface area (TPSA) is 48.7 Å². The fourth-order valence-electron chi connectivity index (χ4n) is 4.05. The van der Waals surface area contributed by atoms with Crippen LogP contribution in [0.5, 0.6) is 17.4 Å². The van der Waals surface area contributed by atoms with Gasteiger partial charge in [0.25, 0.3) is 0 Å². The summed E-state index contributed by atoms with van der Waals surface area (Å²) >= 11 is 0. The normalized spacial score (nSPS) is 12.4. The highest BCUT2D eigenvalue weighted by Gasteiger charge is 2.26. The highest BCUT2D eigenvalue weighted by molar-refractivity contribution is 5.85. The van der Waals surface area contributed by atoms with Crippen molar-refractivity contribution >= 4 is 16.7 Å². The van der Waals surface area contributed by atoms with Crippen LogP contribution in [0.25, 0.3) is 28.1 Å². The summed E-state index contributed by atoms with van der Waals surface area (Å²) in [5.41, 5.74) is 5.84. The molecule has 5 heteroatoms. The van der Waals surface area contributed by atoms with E-state index in [1.165, 1.54) is 0 Å². The zero-order chi connectivity index (χ0) is 19.4. The van der Waals surface area contributed by atoms with E-state index in [2.05, 4.69) is 16.5 Å². The first kappa shape index (κ1) is 16.1. The number of methoxy groups -OCH3 is 1. The van der Waals surface area contributed by atoms with Crippen LogP contribution in [-0.2, 0) is 6.42 Å². The van der Waals surface area contributed by atoms with Gasteiger partial charge in [0.2, 0.25) is 5.88 Å². The van der Waals surface area contributed by atoms with Crippen LogP contribution in [0.3, 0.4) is 0 Å². The standard InChI is InChI=1S/C24H17N3O2/c1-28-21-13-7-3-9-16(21)22-26-24-17(14-15-8-2-6-12-20(15)29-24)23-25-18-10-4-5-11-19(18)27(22)23/h2-13H,14H2,1H3. The Bertz CT molecular complexity index is 1400. The number of ether oxygens (including phenoxy) is 2. The first-order valence-corrected chi connectivity index (χ1v) is 9.53. The zero-order valence-electron chi connectivity index (χ0n) is 15.8. The second kappa shape index (κ2) is 6.07. The van der Waals surface area contributed by atoms with Crippen molar-refractivity contribution < 1.29 is 9.47 Å². The van der Waals surface area contributed by atoms with E-state index < -0.39 is 0 Å². The van der Waals surface area contributed by atoms with Crippen LogP contribution < -0.4 is 9.47 Å². The third-order valence-corrected chi connectivity index (χ3v) is 5.40.